The van der Waals surface area contributed by atoms with Gasteiger partial charge in [-0.3, -0.25) is 14.9 Å². The second-order valence-corrected chi connectivity index (χ2v) is 7.14. The lowest BCUT2D eigenvalue weighted by Gasteiger charge is -2.33. The number of anilines is 1. The second kappa shape index (κ2) is 9.64. The topological polar surface area (TPSA) is 77.5 Å². The Hall–Kier alpha value is -2.48. The number of hydrogen-bond acceptors (Lipinski definition) is 5. The number of nitrogens with one attached hydrogen (secondary N) is 2. The quantitative estimate of drug-likeness (QED) is 0.389. The highest BCUT2D eigenvalue weighted by Gasteiger charge is 2.21. The van der Waals surface area contributed by atoms with Crippen molar-refractivity contribution < 1.29 is 14.4 Å². The van der Waals surface area contributed by atoms with Crippen LogP contribution in [0.2, 0.25) is 5.02 Å². The highest BCUT2D eigenvalue weighted by Crippen LogP contribution is 2.24. The third-order valence-corrected chi connectivity index (χ3v) is 4.86. The number of nitrogens with zero attached hydrogens (tertiary/aromatic N) is 2. The molecule has 3 N–H and O–H groups in total. The van der Waals surface area contributed by atoms with Gasteiger partial charge in [-0.05, 0) is 42.7 Å². The summed E-state index contributed by atoms with van der Waals surface area (Å²) >= 11 is 6.27. The average molecular weight is 405 g/mol. The Morgan fingerprint density at radius 3 is 2.89 bits per heavy atom. The largest absolute Gasteiger partial charge is 0.365 e. The van der Waals surface area contributed by atoms with Crippen LogP contribution >= 0.6 is 11.6 Å². The summed E-state index contributed by atoms with van der Waals surface area (Å²) in [5.74, 6) is -1.83. The van der Waals surface area contributed by atoms with E-state index >= 15 is 0 Å². The molecule has 0 aliphatic carbocycles. The summed E-state index contributed by atoms with van der Waals surface area (Å²) in [6.45, 7) is 2.82. The van der Waals surface area contributed by atoms with E-state index in [1.807, 2.05) is 18.2 Å². The first-order valence-electron chi connectivity index (χ1n) is 9.05. The first-order chi connectivity index (χ1) is 13.5. The standard InChI is InChI=1S/C20H22ClFN4O2/c21-17-9-15(10-18(22)20(27)25-28)11-23-19(17)24-16-7-4-8-26(13-16)12-14-5-2-1-3-6-14/h1-3,5-6,9-11,16,28H,4,7-8,12-13H2,(H,23,24)(H,25,27)/b18-10+/t16-/m1/s1. The SMILES string of the molecule is O=C(NO)/C(F)=C\c1cnc(N[C@@H]2CCCN(Cc3ccccc3)C2)c(Cl)c1. The van der Waals surface area contributed by atoms with Gasteiger partial charge in [0.2, 0.25) is 0 Å². The third-order valence-electron chi connectivity index (χ3n) is 4.57. The maximum Gasteiger partial charge on any atom is 0.303 e. The summed E-state index contributed by atoms with van der Waals surface area (Å²) in [6, 6.07) is 12.1. The van der Waals surface area contributed by atoms with Crippen LogP contribution in [-0.4, -0.2) is 40.1 Å². The third kappa shape index (κ3) is 5.51. The van der Waals surface area contributed by atoms with Gasteiger partial charge < -0.3 is 5.32 Å². The summed E-state index contributed by atoms with van der Waals surface area (Å²) in [5.41, 5.74) is 2.84. The molecule has 1 aromatic carbocycles. The van der Waals surface area contributed by atoms with Crippen LogP contribution in [0.15, 0.2) is 48.4 Å². The van der Waals surface area contributed by atoms with Gasteiger partial charge in [-0.1, -0.05) is 41.9 Å². The Morgan fingerprint density at radius 1 is 1.39 bits per heavy atom. The number of carbonyl (C=O) groups excluding carboxylic acids is 1. The fourth-order valence-corrected chi connectivity index (χ4v) is 3.48. The van der Waals surface area contributed by atoms with Gasteiger partial charge >= 0.3 is 5.91 Å². The lowest BCUT2D eigenvalue weighted by Crippen LogP contribution is -2.41. The molecule has 1 amide bonds. The molecule has 1 atom stereocenters. The van der Waals surface area contributed by atoms with E-state index in [2.05, 4.69) is 27.3 Å². The highest BCUT2D eigenvalue weighted by atomic mass is 35.5. The van der Waals surface area contributed by atoms with Crippen molar-refractivity contribution in [1.82, 2.24) is 15.4 Å². The van der Waals surface area contributed by atoms with Crippen LogP contribution in [0.4, 0.5) is 10.2 Å². The second-order valence-electron chi connectivity index (χ2n) is 6.74. The lowest BCUT2D eigenvalue weighted by atomic mass is 10.0. The van der Waals surface area contributed by atoms with Crippen molar-refractivity contribution in [2.75, 3.05) is 18.4 Å². The van der Waals surface area contributed by atoms with Gasteiger partial charge in [0.05, 0.1) is 5.02 Å². The summed E-state index contributed by atoms with van der Waals surface area (Å²) in [5, 5.41) is 12.1. The van der Waals surface area contributed by atoms with Crippen molar-refractivity contribution in [3.05, 3.63) is 64.6 Å². The molecular weight excluding hydrogens is 383 g/mol. The number of likely N-dealkylation sites (tertiary alicyclic amines) is 1. The predicted octanol–water partition coefficient (Wildman–Crippen LogP) is 3.63. The van der Waals surface area contributed by atoms with Crippen molar-refractivity contribution in [2.45, 2.75) is 25.4 Å². The number of aromatic nitrogens is 1. The monoisotopic (exact) mass is 404 g/mol. The number of piperidine rings is 1. The van der Waals surface area contributed by atoms with Crippen LogP contribution in [-0.2, 0) is 11.3 Å². The van der Waals surface area contributed by atoms with Crippen molar-refractivity contribution >= 4 is 29.4 Å². The molecule has 1 aliphatic rings. The summed E-state index contributed by atoms with van der Waals surface area (Å²) in [6.07, 6.45) is 4.46. The molecule has 1 aromatic heterocycles. The molecule has 8 heteroatoms. The summed E-state index contributed by atoms with van der Waals surface area (Å²) in [4.78, 5) is 17.7. The first kappa shape index (κ1) is 20.3. The first-order valence-corrected chi connectivity index (χ1v) is 9.43. The maximum atomic E-state index is 13.5. The van der Waals surface area contributed by atoms with Crippen LogP contribution in [0.25, 0.3) is 6.08 Å². The van der Waals surface area contributed by atoms with Gasteiger partial charge in [0, 0.05) is 25.3 Å². The number of halogens is 2. The van der Waals surface area contributed by atoms with Crippen LogP contribution < -0.4 is 10.8 Å². The Labute approximate surface area is 168 Å². The van der Waals surface area contributed by atoms with Gasteiger partial charge in [-0.15, -0.1) is 0 Å². The van der Waals surface area contributed by atoms with E-state index in [0.29, 0.717) is 16.4 Å². The molecule has 0 spiro atoms. The van der Waals surface area contributed by atoms with E-state index in [1.54, 1.807) is 0 Å². The van der Waals surface area contributed by atoms with Gasteiger partial charge in [0.25, 0.3) is 0 Å². The molecule has 0 radical (unpaired) electrons. The molecule has 0 saturated carbocycles. The molecule has 1 fully saturated rings. The average Bonchev–Trinajstić information content (AvgIpc) is 2.70. The van der Waals surface area contributed by atoms with Gasteiger partial charge in [-0.25, -0.2) is 14.9 Å². The maximum absolute atomic E-state index is 13.5. The zero-order valence-corrected chi connectivity index (χ0v) is 16.0. The number of pyridine rings is 1. The molecule has 3 rings (SSSR count). The number of hydrogen-bond donors (Lipinski definition) is 3. The molecule has 6 nitrogen and oxygen atoms in total. The smallest absolute Gasteiger partial charge is 0.303 e. The zero-order chi connectivity index (χ0) is 19.9. The fourth-order valence-electron chi connectivity index (χ4n) is 3.26. The van der Waals surface area contributed by atoms with Gasteiger partial charge in [-0.2, -0.15) is 0 Å². The fraction of sp³-hybridized carbons (Fsp3) is 0.300. The van der Waals surface area contributed by atoms with Crippen molar-refractivity contribution in [2.24, 2.45) is 0 Å². The molecule has 148 valence electrons. The van der Waals surface area contributed by atoms with Crippen molar-refractivity contribution in [3.63, 3.8) is 0 Å². The Bertz CT molecular complexity index is 847. The molecule has 1 aliphatic heterocycles. The van der Waals surface area contributed by atoms with E-state index in [4.69, 9.17) is 16.8 Å². The minimum Gasteiger partial charge on any atom is -0.365 e. The van der Waals surface area contributed by atoms with E-state index in [0.717, 1.165) is 38.6 Å². The Balaban J connectivity index is 1.62. The van der Waals surface area contributed by atoms with Crippen molar-refractivity contribution in [1.29, 1.82) is 0 Å². The minimum absolute atomic E-state index is 0.209. The minimum atomic E-state index is -1.22. The van der Waals surface area contributed by atoms with Crippen LogP contribution in [0.3, 0.4) is 0 Å². The zero-order valence-electron chi connectivity index (χ0n) is 15.2. The molecule has 0 bridgehead atoms. The van der Waals surface area contributed by atoms with Gasteiger partial charge in [0.1, 0.15) is 5.82 Å². The van der Waals surface area contributed by atoms with E-state index in [-0.39, 0.29) is 6.04 Å². The number of hydroxylamine groups is 1. The Morgan fingerprint density at radius 2 is 2.18 bits per heavy atom. The van der Waals surface area contributed by atoms with Crippen LogP contribution in [0.5, 0.6) is 0 Å². The van der Waals surface area contributed by atoms with Crippen molar-refractivity contribution in [3.8, 4) is 0 Å². The van der Waals surface area contributed by atoms with E-state index in [9.17, 15) is 9.18 Å². The predicted molar refractivity (Wildman–Crippen MR) is 107 cm³/mol. The summed E-state index contributed by atoms with van der Waals surface area (Å²) < 4.78 is 13.5. The molecular formula is C20H22ClFN4O2. The van der Waals surface area contributed by atoms with E-state index in [1.165, 1.54) is 23.3 Å². The number of amides is 1. The molecule has 2 aromatic rings. The van der Waals surface area contributed by atoms with Crippen LogP contribution in [0.1, 0.15) is 24.0 Å². The normalized spacial score (nSPS) is 18.0. The Kier molecular flexibility index (Phi) is 6.97. The van der Waals surface area contributed by atoms with Crippen LogP contribution in [0, 0.1) is 0 Å². The number of benzene rings is 1. The molecule has 2 heterocycles. The number of rotatable bonds is 6. The molecule has 1 saturated heterocycles. The van der Waals surface area contributed by atoms with Gasteiger partial charge in [0.15, 0.2) is 5.83 Å². The molecule has 28 heavy (non-hydrogen) atoms. The lowest BCUT2D eigenvalue weighted by molar-refractivity contribution is -0.126. The molecule has 0 unspecified atom stereocenters. The van der Waals surface area contributed by atoms with E-state index < -0.39 is 11.7 Å². The summed E-state index contributed by atoms with van der Waals surface area (Å²) in [7, 11) is 0. The highest BCUT2D eigenvalue weighted by molar-refractivity contribution is 6.33. The number of carbonyl (C=O) groups is 1.